The molecule has 1 aromatic rings. The second-order valence-corrected chi connectivity index (χ2v) is 9.39. The van der Waals surface area contributed by atoms with Gasteiger partial charge < -0.3 is 19.1 Å². The molecule has 8 nitrogen and oxygen atoms in total. The summed E-state index contributed by atoms with van der Waals surface area (Å²) in [6.45, 7) is 10.7. The zero-order valence-corrected chi connectivity index (χ0v) is 17.3. The maximum Gasteiger partial charge on any atom is 0.230 e. The average Bonchev–Trinajstić information content (AvgIpc) is 3.34. The number of amides is 2. The molecular formula is C20H28N4O4. The summed E-state index contributed by atoms with van der Waals surface area (Å²) in [4.78, 5) is 34.2. The van der Waals surface area contributed by atoms with Gasteiger partial charge in [0.25, 0.3) is 0 Å². The number of hydrogen-bond donors (Lipinski definition) is 0. The van der Waals surface area contributed by atoms with E-state index in [2.05, 4.69) is 10.1 Å². The van der Waals surface area contributed by atoms with E-state index < -0.39 is 17.4 Å². The van der Waals surface area contributed by atoms with Crippen molar-refractivity contribution in [3.05, 3.63) is 23.9 Å². The maximum absolute atomic E-state index is 13.3. The van der Waals surface area contributed by atoms with E-state index in [0.717, 1.165) is 0 Å². The Kier molecular flexibility index (Phi) is 4.19. The fourth-order valence-corrected chi connectivity index (χ4v) is 4.46. The molecule has 2 fully saturated rings. The van der Waals surface area contributed by atoms with Gasteiger partial charge in [-0.1, -0.05) is 31.2 Å². The number of aromatic nitrogens is 2. The molecule has 0 aromatic carbocycles. The minimum atomic E-state index is -0.687. The summed E-state index contributed by atoms with van der Waals surface area (Å²) in [5.74, 6) is 0.00918. The molecule has 0 saturated carbocycles. The molecule has 2 amide bonds. The lowest BCUT2D eigenvalue weighted by atomic mass is 9.76. The fourth-order valence-electron chi connectivity index (χ4n) is 4.46. The van der Waals surface area contributed by atoms with Crippen molar-refractivity contribution in [3.8, 4) is 0 Å². The van der Waals surface area contributed by atoms with Gasteiger partial charge in [-0.25, -0.2) is 0 Å². The van der Waals surface area contributed by atoms with Gasteiger partial charge in [-0.3, -0.25) is 9.59 Å². The van der Waals surface area contributed by atoms with Crippen LogP contribution in [-0.2, 0) is 20.9 Å². The maximum atomic E-state index is 13.3. The van der Waals surface area contributed by atoms with Gasteiger partial charge in [0.15, 0.2) is 5.82 Å². The van der Waals surface area contributed by atoms with E-state index in [-0.39, 0.29) is 35.9 Å². The van der Waals surface area contributed by atoms with Gasteiger partial charge in [0.05, 0.1) is 31.0 Å². The first-order valence-corrected chi connectivity index (χ1v) is 9.79. The lowest BCUT2D eigenvalue weighted by Gasteiger charge is -2.34. The van der Waals surface area contributed by atoms with E-state index in [9.17, 15) is 9.59 Å². The van der Waals surface area contributed by atoms with Gasteiger partial charge in [-0.05, 0) is 20.8 Å². The Balaban J connectivity index is 1.54. The molecule has 3 aliphatic rings. The lowest BCUT2D eigenvalue weighted by molar-refractivity contribution is -0.144. The number of ether oxygens (including phenoxy) is 1. The van der Waals surface area contributed by atoms with Crippen LogP contribution in [0.15, 0.2) is 16.7 Å². The van der Waals surface area contributed by atoms with Crippen LogP contribution in [0.4, 0.5) is 0 Å². The second kappa shape index (κ2) is 6.14. The molecule has 0 unspecified atom stereocenters. The lowest BCUT2D eigenvalue weighted by Crippen LogP contribution is -2.47. The highest BCUT2D eigenvalue weighted by molar-refractivity contribution is 5.93. The standard InChI is InChI=1S/C20H28N4O4/c1-11(2)16-21-13(22-28-16)9-23(6)17(25)14-12-7-8-20(27-12)10-24(19(3,4)5)18(26)15(14)20/h7-8,11-12,14-15H,9-10H2,1-6H3/t12-,14+,15+,20-/m0/s1. The summed E-state index contributed by atoms with van der Waals surface area (Å²) < 4.78 is 11.4. The van der Waals surface area contributed by atoms with Crippen molar-refractivity contribution in [3.63, 3.8) is 0 Å². The number of nitrogens with zero attached hydrogens (tertiary/aromatic N) is 4. The van der Waals surface area contributed by atoms with Crippen LogP contribution in [0, 0.1) is 11.8 Å². The molecule has 1 aromatic heterocycles. The minimum absolute atomic E-state index is 0.00671. The molecular weight excluding hydrogens is 360 g/mol. The van der Waals surface area contributed by atoms with Crippen molar-refractivity contribution >= 4 is 11.8 Å². The summed E-state index contributed by atoms with van der Waals surface area (Å²) >= 11 is 0. The Hall–Kier alpha value is -2.22. The number of carbonyl (C=O) groups excluding carboxylic acids is 2. The van der Waals surface area contributed by atoms with Gasteiger partial charge in [0.1, 0.15) is 5.60 Å². The normalized spacial score (nSPS) is 31.2. The van der Waals surface area contributed by atoms with Crippen molar-refractivity contribution in [1.82, 2.24) is 19.9 Å². The van der Waals surface area contributed by atoms with Gasteiger partial charge >= 0.3 is 0 Å². The summed E-state index contributed by atoms with van der Waals surface area (Å²) in [7, 11) is 1.71. The Labute approximate surface area is 164 Å². The third kappa shape index (κ3) is 2.77. The Morgan fingerprint density at radius 3 is 2.75 bits per heavy atom. The zero-order valence-electron chi connectivity index (χ0n) is 17.3. The molecule has 4 atom stereocenters. The van der Waals surface area contributed by atoms with Crippen molar-refractivity contribution in [2.45, 2.75) is 64.3 Å². The quantitative estimate of drug-likeness (QED) is 0.730. The summed E-state index contributed by atoms with van der Waals surface area (Å²) in [6, 6.07) is 0. The van der Waals surface area contributed by atoms with Gasteiger partial charge in [0.2, 0.25) is 17.7 Å². The van der Waals surface area contributed by atoms with Crippen LogP contribution in [0.1, 0.15) is 52.3 Å². The van der Waals surface area contributed by atoms with Crippen LogP contribution >= 0.6 is 0 Å². The fraction of sp³-hybridized carbons (Fsp3) is 0.700. The Morgan fingerprint density at radius 1 is 1.43 bits per heavy atom. The number of hydrogen-bond acceptors (Lipinski definition) is 6. The van der Waals surface area contributed by atoms with E-state index in [1.54, 1.807) is 11.9 Å². The molecule has 152 valence electrons. The van der Waals surface area contributed by atoms with Crippen molar-refractivity contribution in [2.75, 3.05) is 13.6 Å². The highest BCUT2D eigenvalue weighted by atomic mass is 16.5. The summed E-state index contributed by atoms with van der Waals surface area (Å²) in [5.41, 5.74) is -1.00. The molecule has 2 saturated heterocycles. The molecule has 4 rings (SSSR count). The van der Waals surface area contributed by atoms with Crippen molar-refractivity contribution in [2.24, 2.45) is 11.8 Å². The molecule has 0 radical (unpaired) electrons. The molecule has 4 heterocycles. The van der Waals surface area contributed by atoms with Crippen LogP contribution in [-0.4, -0.2) is 62.6 Å². The van der Waals surface area contributed by atoms with Gasteiger partial charge in [0, 0.05) is 18.5 Å². The zero-order chi connectivity index (χ0) is 20.4. The van der Waals surface area contributed by atoms with Crippen molar-refractivity contribution < 1.29 is 18.8 Å². The molecule has 0 N–H and O–H groups in total. The molecule has 3 aliphatic heterocycles. The SMILES string of the molecule is CC(C)c1nc(CN(C)C(=O)[C@@H]2[C@@H]3C=C[C@@]4(CN(C(C)(C)C)C(=O)[C@@H]24)O3)no1. The highest BCUT2D eigenvalue weighted by Gasteiger charge is 2.68. The number of fused-ring (bicyclic) bond motifs is 1. The van der Waals surface area contributed by atoms with E-state index in [4.69, 9.17) is 9.26 Å². The van der Waals surface area contributed by atoms with Crippen LogP contribution in [0.3, 0.4) is 0 Å². The van der Waals surface area contributed by atoms with Crippen LogP contribution in [0.25, 0.3) is 0 Å². The number of likely N-dealkylation sites (tertiary alicyclic amines) is 1. The van der Waals surface area contributed by atoms with Gasteiger partial charge in [-0.15, -0.1) is 0 Å². The Morgan fingerprint density at radius 2 is 2.14 bits per heavy atom. The first-order chi connectivity index (χ1) is 13.0. The molecule has 28 heavy (non-hydrogen) atoms. The predicted octanol–water partition coefficient (Wildman–Crippen LogP) is 1.73. The van der Waals surface area contributed by atoms with E-state index >= 15 is 0 Å². The minimum Gasteiger partial charge on any atom is -0.360 e. The number of rotatable bonds is 4. The topological polar surface area (TPSA) is 88.8 Å². The second-order valence-electron chi connectivity index (χ2n) is 9.39. The molecule has 1 spiro atoms. The molecule has 8 heteroatoms. The first kappa shape index (κ1) is 19.1. The van der Waals surface area contributed by atoms with Crippen LogP contribution in [0.5, 0.6) is 0 Å². The average molecular weight is 388 g/mol. The van der Waals surface area contributed by atoms with Crippen LogP contribution < -0.4 is 0 Å². The van der Waals surface area contributed by atoms with Crippen molar-refractivity contribution in [1.29, 1.82) is 0 Å². The predicted molar refractivity (Wildman–Crippen MR) is 100 cm³/mol. The first-order valence-electron chi connectivity index (χ1n) is 9.79. The third-order valence-corrected chi connectivity index (χ3v) is 5.93. The number of carbonyl (C=O) groups is 2. The summed E-state index contributed by atoms with van der Waals surface area (Å²) in [6.07, 6.45) is 3.55. The van der Waals surface area contributed by atoms with E-state index in [1.807, 2.05) is 51.7 Å². The van der Waals surface area contributed by atoms with E-state index in [1.165, 1.54) is 0 Å². The van der Waals surface area contributed by atoms with Gasteiger partial charge in [-0.2, -0.15) is 4.98 Å². The monoisotopic (exact) mass is 388 g/mol. The van der Waals surface area contributed by atoms with E-state index in [0.29, 0.717) is 18.3 Å². The Bertz CT molecular complexity index is 840. The summed E-state index contributed by atoms with van der Waals surface area (Å²) in [5, 5.41) is 3.96. The highest BCUT2D eigenvalue weighted by Crippen LogP contribution is 2.53. The molecule has 2 bridgehead atoms. The molecule has 0 aliphatic carbocycles. The third-order valence-electron chi connectivity index (χ3n) is 5.93. The largest absolute Gasteiger partial charge is 0.360 e. The van der Waals surface area contributed by atoms with Crippen LogP contribution in [0.2, 0.25) is 0 Å². The smallest absolute Gasteiger partial charge is 0.230 e.